The summed E-state index contributed by atoms with van der Waals surface area (Å²) in [5.41, 5.74) is 0.472. The molecule has 4 atom stereocenters. The van der Waals surface area contributed by atoms with Gasteiger partial charge in [-0.1, -0.05) is 6.07 Å². The summed E-state index contributed by atoms with van der Waals surface area (Å²) in [6.07, 6.45) is 3.83. The van der Waals surface area contributed by atoms with Gasteiger partial charge in [-0.15, -0.1) is 0 Å². The van der Waals surface area contributed by atoms with Crippen LogP contribution >= 0.6 is 0 Å². The lowest BCUT2D eigenvalue weighted by atomic mass is 9.78. The van der Waals surface area contributed by atoms with Gasteiger partial charge in [0.1, 0.15) is 11.9 Å². The molecule has 3 aliphatic rings. The van der Waals surface area contributed by atoms with Gasteiger partial charge in [0.15, 0.2) is 0 Å². The minimum absolute atomic E-state index is 0.199. The van der Waals surface area contributed by atoms with Gasteiger partial charge in [-0.3, -0.25) is 0 Å². The number of hydrogen-bond donors (Lipinski definition) is 1. The molecule has 0 amide bonds. The van der Waals surface area contributed by atoms with E-state index in [4.69, 9.17) is 9.47 Å². The lowest BCUT2D eigenvalue weighted by molar-refractivity contribution is -0.0231. The molecule has 1 aliphatic heterocycles. The SMILES string of the molecule is COC(=O)c1cccc(O[C@@H]2C[C@@H]3CN(CC4CC4)C[C@@H]3C[C@H]2O)c1. The lowest BCUT2D eigenvalue weighted by Gasteiger charge is -2.35. The number of hydrogen-bond acceptors (Lipinski definition) is 5. The molecule has 1 aromatic carbocycles. The zero-order valence-electron chi connectivity index (χ0n) is 14.8. The van der Waals surface area contributed by atoms with E-state index >= 15 is 0 Å². The first-order chi connectivity index (χ1) is 12.1. The fraction of sp³-hybridized carbons (Fsp3) is 0.650. The first-order valence-electron chi connectivity index (χ1n) is 9.38. The molecule has 25 heavy (non-hydrogen) atoms. The van der Waals surface area contributed by atoms with Gasteiger partial charge in [-0.05, 0) is 61.6 Å². The maximum atomic E-state index is 11.7. The van der Waals surface area contributed by atoms with E-state index in [-0.39, 0.29) is 12.1 Å². The number of carbonyl (C=O) groups is 1. The Morgan fingerprint density at radius 3 is 2.72 bits per heavy atom. The van der Waals surface area contributed by atoms with Crippen LogP contribution in [0, 0.1) is 17.8 Å². The van der Waals surface area contributed by atoms with Crippen molar-refractivity contribution in [2.24, 2.45) is 17.8 Å². The van der Waals surface area contributed by atoms with E-state index in [1.807, 2.05) is 6.07 Å². The van der Waals surface area contributed by atoms with Crippen LogP contribution in [0.15, 0.2) is 24.3 Å². The number of aliphatic hydroxyl groups excluding tert-OH is 1. The average Bonchev–Trinajstić information content (AvgIpc) is 3.34. The van der Waals surface area contributed by atoms with Crippen molar-refractivity contribution in [2.45, 2.75) is 37.9 Å². The Balaban J connectivity index is 1.39. The Morgan fingerprint density at radius 2 is 2.00 bits per heavy atom. The summed E-state index contributed by atoms with van der Waals surface area (Å²) >= 11 is 0. The van der Waals surface area contributed by atoms with Gasteiger partial charge in [0, 0.05) is 19.6 Å². The molecule has 1 N–H and O–H groups in total. The molecule has 2 aliphatic carbocycles. The highest BCUT2D eigenvalue weighted by atomic mass is 16.5. The van der Waals surface area contributed by atoms with Crippen LogP contribution in [-0.2, 0) is 4.74 Å². The van der Waals surface area contributed by atoms with Crippen LogP contribution in [0.2, 0.25) is 0 Å². The lowest BCUT2D eigenvalue weighted by Crippen LogP contribution is -2.42. The van der Waals surface area contributed by atoms with Crippen LogP contribution in [0.25, 0.3) is 0 Å². The number of aliphatic hydroxyl groups is 1. The van der Waals surface area contributed by atoms with Gasteiger partial charge >= 0.3 is 5.97 Å². The molecule has 0 bridgehead atoms. The van der Waals surface area contributed by atoms with Crippen molar-refractivity contribution >= 4 is 5.97 Å². The molecule has 1 aromatic rings. The Bertz CT molecular complexity index is 630. The van der Waals surface area contributed by atoms with Crippen molar-refractivity contribution in [2.75, 3.05) is 26.7 Å². The fourth-order valence-corrected chi connectivity index (χ4v) is 4.42. The summed E-state index contributed by atoms with van der Waals surface area (Å²) in [5, 5.41) is 10.5. The summed E-state index contributed by atoms with van der Waals surface area (Å²) < 4.78 is 10.8. The van der Waals surface area contributed by atoms with Crippen LogP contribution in [0.4, 0.5) is 0 Å². The molecule has 4 rings (SSSR count). The van der Waals surface area contributed by atoms with Crippen molar-refractivity contribution < 1.29 is 19.4 Å². The summed E-state index contributed by atoms with van der Waals surface area (Å²) in [6.45, 7) is 3.49. The number of methoxy groups -OCH3 is 1. The number of fused-ring (bicyclic) bond motifs is 1. The first-order valence-corrected chi connectivity index (χ1v) is 9.38. The molecule has 5 nitrogen and oxygen atoms in total. The van der Waals surface area contributed by atoms with E-state index in [0.29, 0.717) is 23.1 Å². The van der Waals surface area contributed by atoms with Gasteiger partial charge in [0.2, 0.25) is 0 Å². The molecule has 0 aromatic heterocycles. The first kappa shape index (κ1) is 16.9. The molecule has 5 heteroatoms. The van der Waals surface area contributed by atoms with E-state index in [1.165, 1.54) is 26.5 Å². The number of likely N-dealkylation sites (tertiary alicyclic amines) is 1. The van der Waals surface area contributed by atoms with Crippen LogP contribution in [-0.4, -0.2) is 54.9 Å². The van der Waals surface area contributed by atoms with E-state index < -0.39 is 6.10 Å². The highest BCUT2D eigenvalue weighted by Crippen LogP contribution is 2.40. The normalized spacial score (nSPS) is 32.2. The quantitative estimate of drug-likeness (QED) is 0.830. The van der Waals surface area contributed by atoms with Crippen molar-refractivity contribution in [3.05, 3.63) is 29.8 Å². The number of benzene rings is 1. The van der Waals surface area contributed by atoms with Crippen molar-refractivity contribution in [1.82, 2.24) is 4.90 Å². The molecule has 3 fully saturated rings. The van der Waals surface area contributed by atoms with Crippen LogP contribution < -0.4 is 4.74 Å². The van der Waals surface area contributed by atoms with Gasteiger partial charge in [0.05, 0.1) is 18.8 Å². The molecule has 2 saturated carbocycles. The average molecular weight is 345 g/mol. The monoisotopic (exact) mass is 345 g/mol. The molecular weight excluding hydrogens is 318 g/mol. The van der Waals surface area contributed by atoms with Crippen LogP contribution in [0.1, 0.15) is 36.0 Å². The second-order valence-electron chi connectivity index (χ2n) is 7.90. The number of nitrogens with zero attached hydrogens (tertiary/aromatic N) is 1. The molecule has 136 valence electrons. The predicted molar refractivity (Wildman–Crippen MR) is 93.6 cm³/mol. The van der Waals surface area contributed by atoms with E-state index in [1.54, 1.807) is 18.2 Å². The second-order valence-corrected chi connectivity index (χ2v) is 7.90. The maximum Gasteiger partial charge on any atom is 0.337 e. The Morgan fingerprint density at radius 1 is 1.24 bits per heavy atom. The number of carbonyl (C=O) groups excluding carboxylic acids is 1. The largest absolute Gasteiger partial charge is 0.488 e. The maximum absolute atomic E-state index is 11.7. The molecule has 1 saturated heterocycles. The number of esters is 1. The van der Waals surface area contributed by atoms with Crippen molar-refractivity contribution in [3.8, 4) is 5.75 Å². The third kappa shape index (κ3) is 3.82. The Kier molecular flexibility index (Phi) is 4.69. The summed E-state index contributed by atoms with van der Waals surface area (Å²) in [4.78, 5) is 14.3. The summed E-state index contributed by atoms with van der Waals surface area (Å²) in [6, 6.07) is 7.02. The third-order valence-corrected chi connectivity index (χ3v) is 5.92. The van der Waals surface area contributed by atoms with Crippen LogP contribution in [0.5, 0.6) is 5.75 Å². The minimum atomic E-state index is -0.441. The summed E-state index contributed by atoms with van der Waals surface area (Å²) in [7, 11) is 1.37. The fourth-order valence-electron chi connectivity index (χ4n) is 4.42. The Hall–Kier alpha value is -1.59. The standard InChI is InChI=1S/C20H27NO4/c1-24-20(23)14-3-2-4-17(7-14)25-19-9-16-12-21(10-13-5-6-13)11-15(16)8-18(19)22/h2-4,7,13,15-16,18-19,22H,5-6,8-12H2,1H3/t15-,16+,18+,19+/m0/s1. The van der Waals surface area contributed by atoms with Gasteiger partial charge < -0.3 is 19.5 Å². The highest BCUT2D eigenvalue weighted by Gasteiger charge is 2.43. The van der Waals surface area contributed by atoms with E-state index in [9.17, 15) is 9.90 Å². The van der Waals surface area contributed by atoms with E-state index in [2.05, 4.69) is 4.90 Å². The minimum Gasteiger partial charge on any atom is -0.488 e. The predicted octanol–water partition coefficient (Wildman–Crippen LogP) is 2.33. The van der Waals surface area contributed by atoms with Crippen molar-refractivity contribution in [3.63, 3.8) is 0 Å². The van der Waals surface area contributed by atoms with Gasteiger partial charge in [0.25, 0.3) is 0 Å². The summed E-state index contributed by atoms with van der Waals surface area (Å²) in [5.74, 6) is 2.36. The third-order valence-electron chi connectivity index (χ3n) is 5.92. The Labute approximate surface area is 148 Å². The highest BCUT2D eigenvalue weighted by molar-refractivity contribution is 5.89. The van der Waals surface area contributed by atoms with Crippen molar-refractivity contribution in [1.29, 1.82) is 0 Å². The molecule has 0 spiro atoms. The van der Waals surface area contributed by atoms with Gasteiger partial charge in [-0.25, -0.2) is 4.79 Å². The molecule has 1 heterocycles. The topological polar surface area (TPSA) is 59.0 Å². The van der Waals surface area contributed by atoms with Gasteiger partial charge in [-0.2, -0.15) is 0 Å². The van der Waals surface area contributed by atoms with Crippen LogP contribution in [0.3, 0.4) is 0 Å². The molecular formula is C20H27NO4. The van der Waals surface area contributed by atoms with E-state index in [0.717, 1.165) is 31.8 Å². The molecule has 0 radical (unpaired) electrons. The zero-order valence-corrected chi connectivity index (χ0v) is 14.8. The molecule has 0 unspecified atom stereocenters. The smallest absolute Gasteiger partial charge is 0.337 e. The second kappa shape index (κ2) is 6.96. The number of rotatable bonds is 5. The number of ether oxygens (including phenoxy) is 2. The zero-order chi connectivity index (χ0) is 17.4.